The molecule has 35 heavy (non-hydrogen) atoms. The molecular formula is C25H42F4O6. The highest BCUT2D eigenvalue weighted by Crippen LogP contribution is 2.29. The summed E-state index contributed by atoms with van der Waals surface area (Å²) in [6, 6.07) is 0. The summed E-state index contributed by atoms with van der Waals surface area (Å²) in [5, 5.41) is 0. The van der Waals surface area contributed by atoms with E-state index in [2.05, 4.69) is 9.47 Å². The molecule has 0 aromatic heterocycles. The lowest BCUT2D eigenvalue weighted by atomic mass is 9.83. The van der Waals surface area contributed by atoms with Crippen molar-refractivity contribution in [1.29, 1.82) is 0 Å². The summed E-state index contributed by atoms with van der Waals surface area (Å²) >= 11 is 0. The van der Waals surface area contributed by atoms with Gasteiger partial charge in [0, 0.05) is 55.9 Å². The molecule has 0 amide bonds. The van der Waals surface area contributed by atoms with E-state index in [0.717, 1.165) is 39.3 Å². The van der Waals surface area contributed by atoms with Crippen LogP contribution in [-0.2, 0) is 41.6 Å². The zero-order valence-electron chi connectivity index (χ0n) is 22.1. The van der Waals surface area contributed by atoms with E-state index < -0.39 is 47.6 Å². The van der Waals surface area contributed by atoms with Gasteiger partial charge in [-0.2, -0.15) is 0 Å². The third-order valence-electron chi connectivity index (χ3n) is 5.60. The van der Waals surface area contributed by atoms with Crippen LogP contribution in [0.4, 0.5) is 17.6 Å². The normalized spacial score (nSPS) is 18.3. The minimum absolute atomic E-state index is 0.227. The van der Waals surface area contributed by atoms with Crippen LogP contribution in [0.2, 0.25) is 0 Å². The summed E-state index contributed by atoms with van der Waals surface area (Å²) in [5.41, 5.74) is -1.53. The maximum Gasteiger partial charge on any atom is 0.167 e. The van der Waals surface area contributed by atoms with Gasteiger partial charge in [0.15, 0.2) is 23.3 Å². The van der Waals surface area contributed by atoms with Crippen molar-refractivity contribution < 1.29 is 46.0 Å². The van der Waals surface area contributed by atoms with Crippen molar-refractivity contribution in [1.82, 2.24) is 0 Å². The molecule has 0 saturated heterocycles. The molecule has 0 radical (unpaired) electrons. The highest BCUT2D eigenvalue weighted by atomic mass is 19.2. The maximum absolute atomic E-state index is 13.3. The number of rotatable bonds is 11. The zero-order chi connectivity index (χ0) is 26.8. The number of halogens is 4. The monoisotopic (exact) mass is 514 g/mol. The van der Waals surface area contributed by atoms with Gasteiger partial charge in [-0.05, 0) is 44.4 Å². The second kappa shape index (κ2) is 19.8. The topological polar surface area (TPSA) is 55.4 Å². The predicted molar refractivity (Wildman–Crippen MR) is 125 cm³/mol. The van der Waals surface area contributed by atoms with Crippen LogP contribution >= 0.6 is 0 Å². The van der Waals surface area contributed by atoms with Crippen molar-refractivity contribution >= 4 is 0 Å². The molecule has 1 aliphatic rings. The van der Waals surface area contributed by atoms with E-state index in [9.17, 15) is 17.6 Å². The van der Waals surface area contributed by atoms with Gasteiger partial charge >= 0.3 is 0 Å². The Hall–Kier alpha value is -1.30. The summed E-state index contributed by atoms with van der Waals surface area (Å²) < 4.78 is 82.0. The average molecular weight is 515 g/mol. The Morgan fingerprint density at radius 3 is 1.14 bits per heavy atom. The van der Waals surface area contributed by atoms with Gasteiger partial charge in [0.1, 0.15) is 0 Å². The molecule has 1 aromatic carbocycles. The Morgan fingerprint density at radius 1 is 0.600 bits per heavy atom. The Kier molecular flexibility index (Phi) is 19.1. The van der Waals surface area contributed by atoms with Crippen LogP contribution in [0, 0.1) is 35.1 Å². The van der Waals surface area contributed by atoms with Gasteiger partial charge in [-0.25, -0.2) is 17.6 Å². The highest BCUT2D eigenvalue weighted by molar-refractivity contribution is 5.29. The van der Waals surface area contributed by atoms with Crippen molar-refractivity contribution in [2.45, 2.75) is 51.9 Å². The molecule has 1 aromatic rings. The first-order valence-electron chi connectivity index (χ1n) is 11.5. The summed E-state index contributed by atoms with van der Waals surface area (Å²) in [7, 11) is 9.25. The van der Waals surface area contributed by atoms with Crippen molar-refractivity contribution in [2.75, 3.05) is 62.5 Å². The van der Waals surface area contributed by atoms with E-state index in [-0.39, 0.29) is 6.10 Å². The van der Waals surface area contributed by atoms with E-state index in [1.54, 1.807) is 28.4 Å². The van der Waals surface area contributed by atoms with Gasteiger partial charge in [-0.15, -0.1) is 0 Å². The van der Waals surface area contributed by atoms with Crippen LogP contribution in [-0.4, -0.2) is 68.6 Å². The van der Waals surface area contributed by atoms with Gasteiger partial charge in [0.05, 0.1) is 37.1 Å². The fourth-order valence-electron chi connectivity index (χ4n) is 3.60. The number of ether oxygens (including phenoxy) is 6. The molecule has 1 atom stereocenters. The molecule has 0 bridgehead atoms. The quantitative estimate of drug-likeness (QED) is 0.296. The van der Waals surface area contributed by atoms with Crippen LogP contribution < -0.4 is 0 Å². The Labute approximate surface area is 207 Å². The minimum atomic E-state index is -1.45. The molecular weight excluding hydrogens is 472 g/mol. The lowest BCUT2D eigenvalue weighted by Gasteiger charge is -2.27. The van der Waals surface area contributed by atoms with Crippen LogP contribution in [0.1, 0.15) is 43.7 Å². The van der Waals surface area contributed by atoms with Crippen molar-refractivity contribution in [2.24, 2.45) is 11.8 Å². The molecule has 6 nitrogen and oxygen atoms in total. The lowest BCUT2D eigenvalue weighted by molar-refractivity contribution is 0.0401. The van der Waals surface area contributed by atoms with Crippen molar-refractivity contribution in [3.8, 4) is 0 Å². The smallest absolute Gasteiger partial charge is 0.167 e. The molecule has 2 rings (SSSR count). The van der Waals surface area contributed by atoms with Gasteiger partial charge in [0.2, 0.25) is 0 Å². The van der Waals surface area contributed by atoms with Crippen LogP contribution in [0.25, 0.3) is 0 Å². The molecule has 0 aliphatic heterocycles. The van der Waals surface area contributed by atoms with E-state index in [1.807, 2.05) is 6.92 Å². The van der Waals surface area contributed by atoms with Gasteiger partial charge in [-0.3, -0.25) is 0 Å². The molecule has 10 heteroatoms. The van der Waals surface area contributed by atoms with Gasteiger partial charge in [0.25, 0.3) is 0 Å². The fraction of sp³-hybridized carbons (Fsp3) is 0.760. The lowest BCUT2D eigenvalue weighted by Crippen LogP contribution is -2.20. The molecule has 1 saturated carbocycles. The number of hydrogen-bond acceptors (Lipinski definition) is 6. The minimum Gasteiger partial charge on any atom is -0.384 e. The van der Waals surface area contributed by atoms with Crippen molar-refractivity contribution in [3.63, 3.8) is 0 Å². The van der Waals surface area contributed by atoms with E-state index in [1.165, 1.54) is 25.7 Å². The SMILES string of the molecule is COCC(C)OC.COCC1CCC(COC)CC1.COCc1c(F)c(F)c(COC)c(F)c1F. The van der Waals surface area contributed by atoms with Crippen LogP contribution in [0.15, 0.2) is 0 Å². The largest absolute Gasteiger partial charge is 0.384 e. The fourth-order valence-corrected chi connectivity index (χ4v) is 3.60. The van der Waals surface area contributed by atoms with Gasteiger partial charge in [-0.1, -0.05) is 0 Å². The highest BCUT2D eigenvalue weighted by Gasteiger charge is 2.25. The average Bonchev–Trinajstić information content (AvgIpc) is 2.86. The van der Waals surface area contributed by atoms with E-state index in [4.69, 9.17) is 18.9 Å². The molecule has 0 spiro atoms. The first kappa shape index (κ1) is 33.7. The second-order valence-corrected chi connectivity index (χ2v) is 8.38. The van der Waals surface area contributed by atoms with Gasteiger partial charge < -0.3 is 28.4 Å². The molecule has 0 heterocycles. The molecule has 206 valence electrons. The molecule has 1 aliphatic carbocycles. The Bertz CT molecular complexity index is 604. The third-order valence-corrected chi connectivity index (χ3v) is 5.60. The maximum atomic E-state index is 13.3. The van der Waals surface area contributed by atoms with E-state index >= 15 is 0 Å². The summed E-state index contributed by atoms with van der Waals surface area (Å²) in [4.78, 5) is 0. The first-order chi connectivity index (χ1) is 16.7. The standard InChI is InChI=1S/C10H10F4O2.C10H20O2.C5H12O2/c1-15-3-5-7(11)9(13)6(4-16-2)10(14)8(5)12;1-11-7-9-3-5-10(6-4-9)8-12-2;1-5(7-3)4-6-2/h3-4H2,1-2H3;9-10H,3-8H2,1-2H3;5H,4H2,1-3H3. The molecule has 0 N–H and O–H groups in total. The Balaban J connectivity index is 0.000000537. The zero-order valence-corrected chi connectivity index (χ0v) is 22.1. The number of benzene rings is 1. The third kappa shape index (κ3) is 12.5. The number of hydrogen-bond donors (Lipinski definition) is 0. The summed E-state index contributed by atoms with van der Waals surface area (Å²) in [5.74, 6) is -4.19. The number of methoxy groups -OCH3 is 6. The van der Waals surface area contributed by atoms with Crippen molar-refractivity contribution in [3.05, 3.63) is 34.4 Å². The van der Waals surface area contributed by atoms with Crippen LogP contribution in [0.5, 0.6) is 0 Å². The second-order valence-electron chi connectivity index (χ2n) is 8.38. The summed E-state index contributed by atoms with van der Waals surface area (Å²) in [6.07, 6.45) is 5.51. The predicted octanol–water partition coefficient (Wildman–Crippen LogP) is 5.29. The first-order valence-corrected chi connectivity index (χ1v) is 11.5. The summed E-state index contributed by atoms with van der Waals surface area (Å²) in [6.45, 7) is 3.44. The molecule has 1 unspecified atom stereocenters. The van der Waals surface area contributed by atoms with E-state index in [0.29, 0.717) is 6.61 Å². The Morgan fingerprint density at radius 2 is 0.943 bits per heavy atom. The molecule has 1 fully saturated rings. The van der Waals surface area contributed by atoms with Crippen LogP contribution in [0.3, 0.4) is 0 Å².